The average molecular weight is 480 g/mol. The number of Topliss-reactive ketones (excluding diaryl/α,β-unsaturated/α-hetero) is 1. The van der Waals surface area contributed by atoms with Crippen LogP contribution < -0.4 is 0 Å². The van der Waals surface area contributed by atoms with Gasteiger partial charge in [0.25, 0.3) is 0 Å². The molecule has 30 heavy (non-hydrogen) atoms. The zero-order valence-corrected chi connectivity index (χ0v) is 17.0. The minimum atomic E-state index is -6.89. The Balaban J connectivity index is 2.26. The van der Waals surface area contributed by atoms with Crippen LogP contribution in [0.3, 0.4) is 0 Å². The third kappa shape index (κ3) is 4.57. The normalized spacial score (nSPS) is 14.7. The number of fused-ring (bicyclic) bond motifs is 1. The molecule has 2 rings (SSSR count). The number of ketones is 1. The summed E-state index contributed by atoms with van der Waals surface area (Å²) in [7, 11) is -10.1. The predicted octanol–water partition coefficient (Wildman–Crippen LogP) is 5.14. The minimum absolute atomic E-state index is 0.0580. The molecule has 0 aliphatic heterocycles. The summed E-state index contributed by atoms with van der Waals surface area (Å²) in [5.41, 5.74) is 0.0580. The molecule has 0 N–H and O–H groups in total. The van der Waals surface area contributed by atoms with Gasteiger partial charge in [0.05, 0.1) is 5.75 Å². The molecule has 0 fully saturated rings. The van der Waals surface area contributed by atoms with E-state index in [-0.39, 0.29) is 5.56 Å². The lowest BCUT2D eigenvalue weighted by molar-refractivity contribution is -0.333. The number of benzene rings is 2. The molecular weight excluding hydrogens is 465 g/mol. The molecule has 0 unspecified atom stereocenters. The van der Waals surface area contributed by atoms with Gasteiger partial charge in [0.2, 0.25) is 0 Å². The second-order valence-corrected chi connectivity index (χ2v) is 11.8. The largest absolute Gasteiger partial charge is 0.461 e. The van der Waals surface area contributed by atoms with Gasteiger partial charge in [-0.05, 0) is 29.4 Å². The van der Waals surface area contributed by atoms with Crippen molar-refractivity contribution in [2.24, 2.45) is 0 Å². The van der Waals surface area contributed by atoms with Crippen molar-refractivity contribution >= 4 is 37.0 Å². The first-order valence-electron chi connectivity index (χ1n) is 7.92. The molecule has 168 valence electrons. The van der Waals surface area contributed by atoms with Crippen molar-refractivity contribution in [3.8, 4) is 0 Å². The summed E-state index contributed by atoms with van der Waals surface area (Å²) in [6.45, 7) is 0. The number of rotatable bonds is 7. The summed E-state index contributed by atoms with van der Waals surface area (Å²) >= 11 is 0. The first-order valence-corrected chi connectivity index (χ1v) is 11.9. The highest BCUT2D eigenvalue weighted by Crippen LogP contribution is 2.53. The molecule has 0 saturated carbocycles. The van der Waals surface area contributed by atoms with E-state index in [1.807, 2.05) is 0 Å². The van der Waals surface area contributed by atoms with Gasteiger partial charge in [-0.1, -0.05) is 36.4 Å². The molecule has 2 aromatic rings. The second kappa shape index (κ2) is 7.68. The van der Waals surface area contributed by atoms with Crippen LogP contribution in [0, 0.1) is 0 Å². The summed E-state index contributed by atoms with van der Waals surface area (Å²) in [5.74, 6) is -8.46. The fourth-order valence-electron chi connectivity index (χ4n) is 2.39. The van der Waals surface area contributed by atoms with Crippen LogP contribution in [0.4, 0.5) is 30.7 Å². The molecule has 0 bridgehead atoms. The maximum absolute atomic E-state index is 13.6. The van der Waals surface area contributed by atoms with E-state index in [0.29, 0.717) is 5.39 Å². The average Bonchev–Trinajstić information content (AvgIpc) is 2.58. The van der Waals surface area contributed by atoms with Gasteiger partial charge >= 0.3 is 27.5 Å². The van der Waals surface area contributed by atoms with Gasteiger partial charge < -0.3 is 0 Å². The van der Waals surface area contributed by atoms with Crippen molar-refractivity contribution in [1.29, 1.82) is 0 Å². The number of hydrogen-bond donors (Lipinski definition) is 0. The molecule has 0 amide bonds. The van der Waals surface area contributed by atoms with Gasteiger partial charge in [0, 0.05) is 5.56 Å². The van der Waals surface area contributed by atoms with Crippen molar-refractivity contribution in [2.45, 2.75) is 17.4 Å². The lowest BCUT2D eigenvalue weighted by Gasteiger charge is -2.33. The molecule has 0 heterocycles. The summed E-state index contributed by atoms with van der Waals surface area (Å²) in [6.07, 6.45) is -5.08. The van der Waals surface area contributed by atoms with E-state index in [4.69, 9.17) is 0 Å². The number of carbonyl (C=O) groups is 1. The fourth-order valence-corrected chi connectivity index (χ4v) is 6.10. The number of carbonyl (C=O) groups excluding carboxylic acids is 1. The predicted molar refractivity (Wildman–Crippen MR) is 98.5 cm³/mol. The van der Waals surface area contributed by atoms with Crippen LogP contribution in [0.2, 0.25) is 0 Å². The fraction of sp³-hybridized carbons (Fsp3) is 0.353. The highest BCUT2D eigenvalue weighted by Gasteiger charge is 2.79. The Labute approximate surface area is 168 Å². The van der Waals surface area contributed by atoms with Gasteiger partial charge in [0.1, 0.15) is 0 Å². The molecule has 0 radical (unpaired) electrons. The SMILES string of the molecule is CS(C)(CC(=O)c1ccc2ccccc2c1)OS(=O)(=O)C(F)(F)C(F)(F)C(F)(F)F. The number of halogens is 7. The number of alkyl halides is 7. The molecule has 13 heteroatoms. The van der Waals surface area contributed by atoms with Gasteiger partial charge in [-0.15, -0.1) is 10.3 Å². The molecule has 0 aliphatic rings. The Kier molecular flexibility index (Phi) is 6.25. The third-order valence-corrected chi connectivity index (χ3v) is 7.89. The van der Waals surface area contributed by atoms with Crippen LogP contribution in [0.5, 0.6) is 0 Å². The van der Waals surface area contributed by atoms with Crippen LogP contribution in [0.1, 0.15) is 10.4 Å². The first-order chi connectivity index (χ1) is 13.4. The maximum atomic E-state index is 13.6. The zero-order valence-electron chi connectivity index (χ0n) is 15.3. The van der Waals surface area contributed by atoms with Crippen LogP contribution in [0.15, 0.2) is 42.5 Å². The molecule has 0 atom stereocenters. The van der Waals surface area contributed by atoms with E-state index in [9.17, 15) is 43.9 Å². The van der Waals surface area contributed by atoms with E-state index in [0.717, 1.165) is 17.9 Å². The summed E-state index contributed by atoms with van der Waals surface area (Å²) in [6, 6.07) is 11.2. The zero-order chi connectivity index (χ0) is 23.2. The Hall–Kier alpha value is -1.86. The second-order valence-electron chi connectivity index (χ2n) is 6.68. The van der Waals surface area contributed by atoms with E-state index in [1.54, 1.807) is 30.3 Å². The summed E-state index contributed by atoms with van der Waals surface area (Å²) in [5, 5.41) is -5.18. The van der Waals surface area contributed by atoms with Crippen LogP contribution in [0.25, 0.3) is 10.8 Å². The molecule has 0 aliphatic carbocycles. The van der Waals surface area contributed by atoms with E-state index >= 15 is 0 Å². The quantitative estimate of drug-likeness (QED) is 0.407. The van der Waals surface area contributed by atoms with Crippen LogP contribution in [-0.2, 0) is 13.7 Å². The standard InChI is InChI=1S/C17H15F7O4S2/c1-29(2,28-30(26,27)17(23,24)15(18,19)16(20,21)22)10-14(25)13-8-7-11-5-3-4-6-12(11)9-13/h3-9H,10H2,1-2H3. The maximum Gasteiger partial charge on any atom is 0.461 e. The Bertz CT molecular complexity index is 1060. The van der Waals surface area contributed by atoms with Gasteiger partial charge in [-0.3, -0.25) is 4.79 Å². The first kappa shape index (κ1) is 24.4. The monoisotopic (exact) mass is 480 g/mol. The van der Waals surface area contributed by atoms with Crippen molar-refractivity contribution in [1.82, 2.24) is 0 Å². The van der Waals surface area contributed by atoms with Crippen molar-refractivity contribution in [3.05, 3.63) is 48.0 Å². The lowest BCUT2D eigenvalue weighted by Crippen LogP contribution is -2.56. The highest BCUT2D eigenvalue weighted by molar-refractivity contribution is 8.32. The van der Waals surface area contributed by atoms with Crippen LogP contribution in [-0.4, -0.2) is 49.8 Å². The van der Waals surface area contributed by atoms with E-state index < -0.39 is 49.3 Å². The van der Waals surface area contributed by atoms with Gasteiger partial charge in [-0.2, -0.15) is 39.2 Å². The molecule has 0 saturated heterocycles. The van der Waals surface area contributed by atoms with Crippen molar-refractivity contribution < 1.29 is 47.6 Å². The third-order valence-electron chi connectivity index (χ3n) is 3.86. The molecular formula is C17H15F7O4S2. The molecule has 0 spiro atoms. The number of hydrogen-bond acceptors (Lipinski definition) is 4. The van der Waals surface area contributed by atoms with Crippen LogP contribution >= 0.6 is 10.3 Å². The highest BCUT2D eigenvalue weighted by atomic mass is 32.3. The summed E-state index contributed by atoms with van der Waals surface area (Å²) in [4.78, 5) is 12.4. The Morgan fingerprint density at radius 2 is 1.43 bits per heavy atom. The van der Waals surface area contributed by atoms with Crippen molar-refractivity contribution in [2.75, 3.05) is 18.3 Å². The summed E-state index contributed by atoms with van der Waals surface area (Å²) < 4.78 is 117. The smallest absolute Gasteiger partial charge is 0.293 e. The van der Waals surface area contributed by atoms with E-state index in [2.05, 4.69) is 3.63 Å². The Morgan fingerprint density at radius 1 is 0.900 bits per heavy atom. The molecule has 4 nitrogen and oxygen atoms in total. The van der Waals surface area contributed by atoms with Gasteiger partial charge in [-0.25, -0.2) is 3.63 Å². The Morgan fingerprint density at radius 3 is 1.97 bits per heavy atom. The van der Waals surface area contributed by atoms with Crippen molar-refractivity contribution in [3.63, 3.8) is 0 Å². The lowest BCUT2D eigenvalue weighted by atomic mass is 10.1. The minimum Gasteiger partial charge on any atom is -0.293 e. The van der Waals surface area contributed by atoms with Gasteiger partial charge in [0.15, 0.2) is 5.78 Å². The topological polar surface area (TPSA) is 60.4 Å². The molecule has 2 aromatic carbocycles. The molecule has 0 aromatic heterocycles. The van der Waals surface area contributed by atoms with E-state index in [1.165, 1.54) is 12.1 Å².